The molecule has 0 saturated heterocycles. The summed E-state index contributed by atoms with van der Waals surface area (Å²) in [5.41, 5.74) is 1.90. The van der Waals surface area contributed by atoms with Crippen LogP contribution < -0.4 is 15.4 Å². The molecule has 0 heterocycles. The molecule has 0 fully saturated rings. The van der Waals surface area contributed by atoms with Crippen molar-refractivity contribution >= 4 is 50.9 Å². The molecular formula is C23H21BrN2O3S. The van der Waals surface area contributed by atoms with Crippen LogP contribution in [-0.4, -0.2) is 24.2 Å². The van der Waals surface area contributed by atoms with Crippen molar-refractivity contribution in [3.8, 4) is 5.75 Å². The number of para-hydroxylation sites is 1. The third kappa shape index (κ3) is 5.87. The van der Waals surface area contributed by atoms with Crippen LogP contribution in [0.4, 0.5) is 11.4 Å². The predicted octanol–water partition coefficient (Wildman–Crippen LogP) is 5.83. The quantitative estimate of drug-likeness (QED) is 0.414. The van der Waals surface area contributed by atoms with Crippen molar-refractivity contribution in [2.75, 3.05) is 17.7 Å². The number of ether oxygens (including phenoxy) is 1. The van der Waals surface area contributed by atoms with Crippen LogP contribution in [-0.2, 0) is 4.79 Å². The number of anilines is 2. The number of halogens is 1. The third-order valence-electron chi connectivity index (χ3n) is 4.24. The SMILES string of the molecule is COc1cccc(C(=O)Nc2cccc(SC(C)C(=O)Nc3ccccc3Br)c2)c1. The van der Waals surface area contributed by atoms with Gasteiger partial charge in [-0.05, 0) is 71.4 Å². The molecule has 0 saturated carbocycles. The van der Waals surface area contributed by atoms with Gasteiger partial charge in [-0.25, -0.2) is 0 Å². The largest absolute Gasteiger partial charge is 0.497 e. The molecule has 0 aliphatic carbocycles. The average molecular weight is 485 g/mol. The first-order chi connectivity index (χ1) is 14.5. The zero-order valence-corrected chi connectivity index (χ0v) is 18.9. The van der Waals surface area contributed by atoms with E-state index in [9.17, 15) is 9.59 Å². The number of nitrogens with one attached hydrogen (secondary N) is 2. The minimum Gasteiger partial charge on any atom is -0.497 e. The standard InChI is InChI=1S/C23H21BrN2O3S/c1-15(22(27)26-21-12-4-3-11-20(21)24)30-19-10-6-8-17(14-19)25-23(28)16-7-5-9-18(13-16)29-2/h3-15H,1-2H3,(H,25,28)(H,26,27). The molecule has 5 nitrogen and oxygen atoms in total. The van der Waals surface area contributed by atoms with Crippen LogP contribution in [0.15, 0.2) is 82.2 Å². The maximum atomic E-state index is 12.5. The highest BCUT2D eigenvalue weighted by molar-refractivity contribution is 9.10. The number of carbonyl (C=O) groups is 2. The Kier molecular flexibility index (Phi) is 7.54. The van der Waals surface area contributed by atoms with E-state index in [1.165, 1.54) is 11.8 Å². The van der Waals surface area contributed by atoms with Gasteiger partial charge in [-0.1, -0.05) is 24.3 Å². The maximum absolute atomic E-state index is 12.5. The lowest BCUT2D eigenvalue weighted by Gasteiger charge is -2.14. The molecule has 1 unspecified atom stereocenters. The Bertz CT molecular complexity index is 1060. The van der Waals surface area contributed by atoms with Gasteiger partial charge in [0, 0.05) is 20.6 Å². The predicted molar refractivity (Wildman–Crippen MR) is 125 cm³/mol. The van der Waals surface area contributed by atoms with Gasteiger partial charge in [0.25, 0.3) is 5.91 Å². The van der Waals surface area contributed by atoms with E-state index in [1.807, 2.05) is 55.5 Å². The smallest absolute Gasteiger partial charge is 0.255 e. The van der Waals surface area contributed by atoms with E-state index in [1.54, 1.807) is 31.4 Å². The fourth-order valence-electron chi connectivity index (χ4n) is 2.67. The average Bonchev–Trinajstić information content (AvgIpc) is 2.75. The number of methoxy groups -OCH3 is 1. The summed E-state index contributed by atoms with van der Waals surface area (Å²) in [4.78, 5) is 25.9. The molecule has 2 amide bonds. The molecule has 3 aromatic rings. The molecule has 0 aromatic heterocycles. The molecule has 3 rings (SSSR count). The third-order valence-corrected chi connectivity index (χ3v) is 6.02. The Labute approximate surface area is 188 Å². The van der Waals surface area contributed by atoms with Crippen LogP contribution >= 0.6 is 27.7 Å². The second-order valence-corrected chi connectivity index (χ2v) is 8.71. The van der Waals surface area contributed by atoms with Gasteiger partial charge in [-0.3, -0.25) is 9.59 Å². The van der Waals surface area contributed by atoms with Crippen LogP contribution in [0, 0.1) is 0 Å². The number of carbonyl (C=O) groups excluding carboxylic acids is 2. The van der Waals surface area contributed by atoms with E-state index in [0.717, 1.165) is 15.1 Å². The first kappa shape index (κ1) is 21.9. The van der Waals surface area contributed by atoms with E-state index in [0.29, 0.717) is 17.0 Å². The molecule has 0 aliphatic rings. The van der Waals surface area contributed by atoms with Gasteiger partial charge >= 0.3 is 0 Å². The van der Waals surface area contributed by atoms with Gasteiger partial charge in [0.1, 0.15) is 5.75 Å². The van der Waals surface area contributed by atoms with Crippen molar-refractivity contribution in [1.82, 2.24) is 0 Å². The second kappa shape index (κ2) is 10.3. The molecule has 3 aromatic carbocycles. The number of hydrogen-bond acceptors (Lipinski definition) is 4. The fourth-order valence-corrected chi connectivity index (χ4v) is 3.98. The molecule has 0 bridgehead atoms. The van der Waals surface area contributed by atoms with Gasteiger partial charge in [-0.2, -0.15) is 0 Å². The Morgan fingerprint density at radius 2 is 1.73 bits per heavy atom. The van der Waals surface area contributed by atoms with Gasteiger partial charge in [0.2, 0.25) is 5.91 Å². The minimum atomic E-state index is -0.318. The summed E-state index contributed by atoms with van der Waals surface area (Å²) in [6.45, 7) is 1.85. The highest BCUT2D eigenvalue weighted by Gasteiger charge is 2.16. The van der Waals surface area contributed by atoms with Crippen molar-refractivity contribution in [1.29, 1.82) is 0 Å². The first-order valence-electron chi connectivity index (χ1n) is 9.24. The number of benzene rings is 3. The normalized spacial score (nSPS) is 11.4. The molecule has 1 atom stereocenters. The van der Waals surface area contributed by atoms with Gasteiger partial charge < -0.3 is 15.4 Å². The van der Waals surface area contributed by atoms with Crippen molar-refractivity contribution in [3.05, 3.63) is 82.8 Å². The van der Waals surface area contributed by atoms with Crippen LogP contribution in [0.5, 0.6) is 5.75 Å². The van der Waals surface area contributed by atoms with E-state index >= 15 is 0 Å². The van der Waals surface area contributed by atoms with Gasteiger partial charge in [0.15, 0.2) is 0 Å². The summed E-state index contributed by atoms with van der Waals surface area (Å²) < 4.78 is 6.00. The molecular weight excluding hydrogens is 464 g/mol. The molecule has 154 valence electrons. The van der Waals surface area contributed by atoms with Crippen LogP contribution in [0.3, 0.4) is 0 Å². The zero-order valence-electron chi connectivity index (χ0n) is 16.5. The van der Waals surface area contributed by atoms with E-state index in [-0.39, 0.29) is 17.1 Å². The molecule has 0 aliphatic heterocycles. The number of rotatable bonds is 7. The number of hydrogen-bond donors (Lipinski definition) is 2. The van der Waals surface area contributed by atoms with E-state index in [2.05, 4.69) is 26.6 Å². The van der Waals surface area contributed by atoms with E-state index in [4.69, 9.17) is 4.74 Å². The fraction of sp³-hybridized carbons (Fsp3) is 0.130. The molecule has 2 N–H and O–H groups in total. The lowest BCUT2D eigenvalue weighted by Crippen LogP contribution is -2.22. The summed E-state index contributed by atoms with van der Waals surface area (Å²) >= 11 is 4.85. The van der Waals surface area contributed by atoms with Gasteiger partial charge in [-0.15, -0.1) is 11.8 Å². The highest BCUT2D eigenvalue weighted by atomic mass is 79.9. The lowest BCUT2D eigenvalue weighted by molar-refractivity contribution is -0.115. The summed E-state index contributed by atoms with van der Waals surface area (Å²) in [5.74, 6) is 0.297. The summed E-state index contributed by atoms with van der Waals surface area (Å²) in [6, 6.07) is 21.9. The van der Waals surface area contributed by atoms with Crippen molar-refractivity contribution in [2.45, 2.75) is 17.1 Å². The second-order valence-electron chi connectivity index (χ2n) is 6.44. The molecule has 0 radical (unpaired) electrons. The zero-order chi connectivity index (χ0) is 21.5. The molecule has 0 spiro atoms. The topological polar surface area (TPSA) is 67.4 Å². The lowest BCUT2D eigenvalue weighted by atomic mass is 10.2. The van der Waals surface area contributed by atoms with E-state index < -0.39 is 0 Å². The monoisotopic (exact) mass is 484 g/mol. The molecule has 7 heteroatoms. The Morgan fingerprint density at radius 1 is 0.967 bits per heavy atom. The highest BCUT2D eigenvalue weighted by Crippen LogP contribution is 2.28. The minimum absolute atomic E-state index is 0.0993. The number of thioether (sulfide) groups is 1. The Morgan fingerprint density at radius 3 is 2.50 bits per heavy atom. The first-order valence-corrected chi connectivity index (χ1v) is 10.9. The van der Waals surface area contributed by atoms with Crippen molar-refractivity contribution < 1.29 is 14.3 Å². The van der Waals surface area contributed by atoms with Crippen LogP contribution in [0.25, 0.3) is 0 Å². The maximum Gasteiger partial charge on any atom is 0.255 e. The van der Waals surface area contributed by atoms with Crippen molar-refractivity contribution in [2.24, 2.45) is 0 Å². The number of amides is 2. The summed E-state index contributed by atoms with van der Waals surface area (Å²) in [7, 11) is 1.56. The Balaban J connectivity index is 1.64. The van der Waals surface area contributed by atoms with Gasteiger partial charge in [0.05, 0.1) is 18.0 Å². The van der Waals surface area contributed by atoms with Crippen LogP contribution in [0.2, 0.25) is 0 Å². The summed E-state index contributed by atoms with van der Waals surface area (Å²) in [5, 5.41) is 5.49. The van der Waals surface area contributed by atoms with Crippen molar-refractivity contribution in [3.63, 3.8) is 0 Å². The molecule has 30 heavy (non-hydrogen) atoms. The Hall–Kier alpha value is -2.77. The summed E-state index contributed by atoms with van der Waals surface area (Å²) in [6.07, 6.45) is 0. The van der Waals surface area contributed by atoms with Crippen LogP contribution in [0.1, 0.15) is 17.3 Å².